The summed E-state index contributed by atoms with van der Waals surface area (Å²) in [6, 6.07) is -2.64. The standard InChI is InChI=1S/C22H34N6O6/c1-14(25-21(33)16-6-3-9-27(16)18(30)11-23)20(32)24-12-19(31)28-10-4-7-17(28)22(34)26-8-2-5-15(26)13-29/h13-17H,2-12,23H2,1H3,(H,24,32)(H,25,33)/t14-,15-,16-,17-/m0/s1. The fourth-order valence-electron chi connectivity index (χ4n) is 4.97. The molecule has 0 aromatic carbocycles. The van der Waals surface area contributed by atoms with Gasteiger partial charge in [0.15, 0.2) is 0 Å². The third kappa shape index (κ3) is 5.54. The summed E-state index contributed by atoms with van der Waals surface area (Å²) in [6.45, 7) is 2.37. The molecule has 0 aromatic heterocycles. The van der Waals surface area contributed by atoms with Crippen LogP contribution in [0.25, 0.3) is 0 Å². The number of hydrogen-bond donors (Lipinski definition) is 3. The lowest BCUT2D eigenvalue weighted by atomic mass is 10.1. The van der Waals surface area contributed by atoms with E-state index in [0.717, 1.165) is 12.7 Å². The van der Waals surface area contributed by atoms with Gasteiger partial charge in [-0.2, -0.15) is 0 Å². The number of hydrogen-bond acceptors (Lipinski definition) is 7. The molecule has 0 aromatic rings. The predicted octanol–water partition coefficient (Wildman–Crippen LogP) is -2.26. The Morgan fingerprint density at radius 1 is 0.912 bits per heavy atom. The fraction of sp³-hybridized carbons (Fsp3) is 0.727. The van der Waals surface area contributed by atoms with Crippen LogP contribution in [0.1, 0.15) is 45.4 Å². The number of carbonyl (C=O) groups excluding carboxylic acids is 6. The van der Waals surface area contributed by atoms with Crippen molar-refractivity contribution in [2.45, 2.75) is 69.6 Å². The van der Waals surface area contributed by atoms with Crippen molar-refractivity contribution in [1.29, 1.82) is 0 Å². The summed E-state index contributed by atoms with van der Waals surface area (Å²) in [7, 11) is 0. The molecule has 0 spiro atoms. The Balaban J connectivity index is 1.49. The summed E-state index contributed by atoms with van der Waals surface area (Å²) in [5.41, 5.74) is 5.40. The minimum atomic E-state index is -0.912. The third-order valence-electron chi connectivity index (χ3n) is 6.81. The summed E-state index contributed by atoms with van der Waals surface area (Å²) in [4.78, 5) is 78.3. The Kier molecular flexibility index (Phi) is 8.59. The summed E-state index contributed by atoms with van der Waals surface area (Å²) < 4.78 is 0. The van der Waals surface area contributed by atoms with Crippen LogP contribution in [0.5, 0.6) is 0 Å². The monoisotopic (exact) mass is 478 g/mol. The van der Waals surface area contributed by atoms with E-state index in [4.69, 9.17) is 5.73 Å². The molecule has 3 heterocycles. The molecule has 0 aliphatic carbocycles. The van der Waals surface area contributed by atoms with E-state index in [1.54, 1.807) is 4.90 Å². The number of nitrogens with one attached hydrogen (secondary N) is 2. The Labute approximate surface area is 198 Å². The fourth-order valence-corrected chi connectivity index (χ4v) is 4.97. The minimum Gasteiger partial charge on any atom is -0.345 e. The lowest BCUT2D eigenvalue weighted by Crippen LogP contribution is -2.54. The first-order valence-electron chi connectivity index (χ1n) is 11.9. The lowest BCUT2D eigenvalue weighted by molar-refractivity contribution is -0.145. The number of nitrogens with zero attached hydrogens (tertiary/aromatic N) is 3. The van der Waals surface area contributed by atoms with Crippen molar-refractivity contribution >= 4 is 35.8 Å². The summed E-state index contributed by atoms with van der Waals surface area (Å²) in [5.74, 6) is -1.91. The highest BCUT2D eigenvalue weighted by atomic mass is 16.2. The van der Waals surface area contributed by atoms with E-state index < -0.39 is 36.0 Å². The van der Waals surface area contributed by atoms with Gasteiger partial charge in [0.2, 0.25) is 29.5 Å². The first kappa shape index (κ1) is 25.6. The number of nitrogens with two attached hydrogens (primary N) is 1. The van der Waals surface area contributed by atoms with E-state index in [0.29, 0.717) is 51.7 Å². The zero-order chi connectivity index (χ0) is 24.8. The average Bonchev–Trinajstić information content (AvgIpc) is 3.60. The van der Waals surface area contributed by atoms with Crippen molar-refractivity contribution in [3.63, 3.8) is 0 Å². The Morgan fingerprint density at radius 3 is 2.15 bits per heavy atom. The first-order valence-corrected chi connectivity index (χ1v) is 11.9. The largest absolute Gasteiger partial charge is 0.345 e. The zero-order valence-electron chi connectivity index (χ0n) is 19.5. The summed E-state index contributed by atoms with van der Waals surface area (Å²) >= 11 is 0. The quantitative estimate of drug-likeness (QED) is 0.332. The third-order valence-corrected chi connectivity index (χ3v) is 6.81. The van der Waals surface area contributed by atoms with Crippen molar-refractivity contribution in [1.82, 2.24) is 25.3 Å². The number of carbonyl (C=O) groups is 6. The SMILES string of the molecule is C[C@H](NC(=O)[C@@H]1CCCN1C(=O)CN)C(=O)NCC(=O)N1CCC[C@H]1C(=O)N1CCC[C@H]1C=O. The van der Waals surface area contributed by atoms with E-state index in [1.165, 1.54) is 16.7 Å². The smallest absolute Gasteiger partial charge is 0.245 e. The van der Waals surface area contributed by atoms with E-state index in [-0.39, 0.29) is 30.8 Å². The molecule has 34 heavy (non-hydrogen) atoms. The van der Waals surface area contributed by atoms with E-state index in [2.05, 4.69) is 10.6 Å². The summed E-state index contributed by atoms with van der Waals surface area (Å²) in [5, 5.41) is 5.12. The summed E-state index contributed by atoms with van der Waals surface area (Å²) in [6.07, 6.45) is 4.53. The maximum Gasteiger partial charge on any atom is 0.245 e. The van der Waals surface area contributed by atoms with Crippen molar-refractivity contribution in [2.24, 2.45) is 5.73 Å². The molecule has 188 valence electrons. The molecule has 12 nitrogen and oxygen atoms in total. The number of rotatable bonds is 8. The topological polar surface area (TPSA) is 162 Å². The molecule has 0 unspecified atom stereocenters. The molecule has 0 bridgehead atoms. The van der Waals surface area contributed by atoms with Gasteiger partial charge in [-0.05, 0) is 45.4 Å². The Bertz CT molecular complexity index is 835. The molecule has 5 amide bonds. The zero-order valence-corrected chi connectivity index (χ0v) is 19.5. The van der Waals surface area contributed by atoms with Gasteiger partial charge in [-0.1, -0.05) is 0 Å². The molecule has 3 fully saturated rings. The predicted molar refractivity (Wildman–Crippen MR) is 120 cm³/mol. The maximum absolute atomic E-state index is 12.9. The minimum absolute atomic E-state index is 0.185. The van der Waals surface area contributed by atoms with E-state index in [1.807, 2.05) is 0 Å². The first-order chi connectivity index (χ1) is 16.3. The molecule has 3 aliphatic heterocycles. The average molecular weight is 479 g/mol. The molecule has 0 radical (unpaired) electrons. The molecule has 4 N–H and O–H groups in total. The van der Waals surface area contributed by atoms with Gasteiger partial charge < -0.3 is 35.9 Å². The Morgan fingerprint density at radius 2 is 1.50 bits per heavy atom. The van der Waals surface area contributed by atoms with Gasteiger partial charge >= 0.3 is 0 Å². The van der Waals surface area contributed by atoms with Crippen LogP contribution in [-0.2, 0) is 28.8 Å². The highest BCUT2D eigenvalue weighted by Crippen LogP contribution is 2.24. The molecule has 3 aliphatic rings. The van der Waals surface area contributed by atoms with Crippen LogP contribution >= 0.6 is 0 Å². The lowest BCUT2D eigenvalue weighted by Gasteiger charge is -2.30. The van der Waals surface area contributed by atoms with Crippen molar-refractivity contribution in [3.8, 4) is 0 Å². The number of likely N-dealkylation sites (tertiary alicyclic amines) is 3. The molecule has 3 saturated heterocycles. The van der Waals surface area contributed by atoms with Gasteiger partial charge in [0.25, 0.3) is 0 Å². The van der Waals surface area contributed by atoms with Crippen LogP contribution in [0.4, 0.5) is 0 Å². The second-order valence-electron chi connectivity index (χ2n) is 9.02. The van der Waals surface area contributed by atoms with Crippen LogP contribution in [0, 0.1) is 0 Å². The Hall–Kier alpha value is -3.02. The second-order valence-corrected chi connectivity index (χ2v) is 9.02. The van der Waals surface area contributed by atoms with Gasteiger partial charge in [-0.3, -0.25) is 24.0 Å². The number of amides is 5. The van der Waals surface area contributed by atoms with E-state index in [9.17, 15) is 28.8 Å². The van der Waals surface area contributed by atoms with Gasteiger partial charge in [0.1, 0.15) is 24.4 Å². The van der Waals surface area contributed by atoms with Crippen molar-refractivity contribution in [2.75, 3.05) is 32.7 Å². The maximum atomic E-state index is 12.9. The van der Waals surface area contributed by atoms with Gasteiger partial charge in [0.05, 0.1) is 19.1 Å². The van der Waals surface area contributed by atoms with Gasteiger partial charge in [0, 0.05) is 19.6 Å². The molecular formula is C22H34N6O6. The highest BCUT2D eigenvalue weighted by Gasteiger charge is 2.40. The van der Waals surface area contributed by atoms with Crippen LogP contribution in [0.3, 0.4) is 0 Å². The second kappa shape index (κ2) is 11.4. The molecular weight excluding hydrogens is 444 g/mol. The molecule has 3 rings (SSSR count). The van der Waals surface area contributed by atoms with Crippen LogP contribution in [0.15, 0.2) is 0 Å². The van der Waals surface area contributed by atoms with Crippen LogP contribution in [0.2, 0.25) is 0 Å². The van der Waals surface area contributed by atoms with Gasteiger partial charge in [-0.15, -0.1) is 0 Å². The normalized spacial score (nSPS) is 25.2. The highest BCUT2D eigenvalue weighted by molar-refractivity contribution is 5.95. The van der Waals surface area contributed by atoms with Gasteiger partial charge in [-0.25, -0.2) is 0 Å². The van der Waals surface area contributed by atoms with Crippen LogP contribution < -0.4 is 16.4 Å². The van der Waals surface area contributed by atoms with Crippen molar-refractivity contribution in [3.05, 3.63) is 0 Å². The molecule has 4 atom stereocenters. The molecule has 0 saturated carbocycles. The van der Waals surface area contributed by atoms with Crippen molar-refractivity contribution < 1.29 is 28.8 Å². The number of aldehydes is 1. The molecule has 12 heteroatoms. The van der Waals surface area contributed by atoms with Crippen LogP contribution in [-0.4, -0.2) is 107 Å². The van der Waals surface area contributed by atoms with E-state index >= 15 is 0 Å².